The molecule has 4 aliphatic rings. The van der Waals surface area contributed by atoms with Gasteiger partial charge in [0.05, 0.1) is 0 Å². The highest BCUT2D eigenvalue weighted by molar-refractivity contribution is 7.63. The van der Waals surface area contributed by atoms with E-state index in [2.05, 4.69) is 20.3 Å². The minimum absolute atomic E-state index is 0.329. The van der Waals surface area contributed by atoms with E-state index >= 15 is 0 Å². The predicted molar refractivity (Wildman–Crippen MR) is 94.0 cm³/mol. The van der Waals surface area contributed by atoms with Crippen molar-refractivity contribution in [1.82, 2.24) is 0 Å². The molecule has 0 nitrogen and oxygen atoms in total. The molecule has 0 saturated heterocycles. The van der Waals surface area contributed by atoms with Crippen molar-refractivity contribution in [2.45, 2.75) is 75.0 Å². The van der Waals surface area contributed by atoms with E-state index in [-0.39, 0.29) is 0 Å². The van der Waals surface area contributed by atoms with Crippen molar-refractivity contribution >= 4 is 15.8 Å². The molecule has 5 atom stereocenters. The first kappa shape index (κ1) is 14.5. The van der Waals surface area contributed by atoms with E-state index in [4.69, 9.17) is 0 Å². The minimum Gasteiger partial charge on any atom is -0.103 e. The summed E-state index contributed by atoms with van der Waals surface area (Å²) in [6.45, 7) is 7.76. The van der Waals surface area contributed by atoms with Gasteiger partial charge in [0.1, 0.15) is 0 Å². The molecule has 4 saturated carbocycles. The monoisotopic (exact) mass is 310 g/mol. The lowest BCUT2D eigenvalue weighted by Crippen LogP contribution is -2.15. The Balaban J connectivity index is 1.36. The molecule has 3 unspecified atom stereocenters. The molecule has 0 aliphatic heterocycles. The van der Waals surface area contributed by atoms with Gasteiger partial charge in [-0.1, -0.05) is 19.8 Å². The van der Waals surface area contributed by atoms with Gasteiger partial charge in [0.15, 0.2) is 0 Å². The van der Waals surface area contributed by atoms with Crippen molar-refractivity contribution in [3.05, 3.63) is 0 Å². The average molecular weight is 310 g/mol. The van der Waals surface area contributed by atoms with Crippen LogP contribution >= 0.6 is 15.8 Å². The van der Waals surface area contributed by atoms with Crippen LogP contribution in [0.1, 0.15) is 64.7 Å². The SMILES string of the molecule is CCC1([P@@](C)CC[P@](C)C23CC4CCCC2(C4)C3)CC1. The Bertz CT molecular complexity index is 402. The van der Waals surface area contributed by atoms with Crippen LogP contribution in [0, 0.1) is 11.3 Å². The second-order valence-electron chi connectivity index (χ2n) is 8.58. The van der Waals surface area contributed by atoms with E-state index in [9.17, 15) is 0 Å². The summed E-state index contributed by atoms with van der Waals surface area (Å²) >= 11 is 0. The number of hydrogen-bond donors (Lipinski definition) is 0. The van der Waals surface area contributed by atoms with E-state index in [1.807, 2.05) is 0 Å². The van der Waals surface area contributed by atoms with Crippen LogP contribution in [-0.2, 0) is 0 Å². The zero-order valence-corrected chi connectivity index (χ0v) is 15.5. The third-order valence-corrected chi connectivity index (χ3v) is 14.7. The van der Waals surface area contributed by atoms with Gasteiger partial charge in [-0.25, -0.2) is 0 Å². The number of hydrogen-bond acceptors (Lipinski definition) is 0. The highest BCUT2D eigenvalue weighted by Crippen LogP contribution is 2.84. The van der Waals surface area contributed by atoms with Crippen molar-refractivity contribution in [2.75, 3.05) is 25.7 Å². The van der Waals surface area contributed by atoms with Crippen LogP contribution < -0.4 is 0 Å². The quantitative estimate of drug-likeness (QED) is 0.538. The number of fused-ring (bicyclic) bond motifs is 1. The first-order valence-corrected chi connectivity index (χ1v) is 12.9. The fourth-order valence-corrected chi connectivity index (χ4v) is 13.0. The third kappa shape index (κ3) is 1.93. The molecule has 0 aromatic carbocycles. The van der Waals surface area contributed by atoms with Crippen molar-refractivity contribution in [1.29, 1.82) is 0 Å². The van der Waals surface area contributed by atoms with E-state index in [0.29, 0.717) is 15.8 Å². The molecule has 0 aromatic heterocycles. The van der Waals surface area contributed by atoms with E-state index in [1.54, 1.807) is 63.7 Å². The summed E-state index contributed by atoms with van der Waals surface area (Å²) in [7, 11) is 0.665. The molecule has 1 spiro atoms. The van der Waals surface area contributed by atoms with Crippen molar-refractivity contribution in [2.24, 2.45) is 11.3 Å². The first-order chi connectivity index (χ1) is 9.56. The molecule has 2 bridgehead atoms. The Morgan fingerprint density at radius 3 is 2.40 bits per heavy atom. The summed E-state index contributed by atoms with van der Waals surface area (Å²) in [6, 6.07) is 0. The van der Waals surface area contributed by atoms with Crippen molar-refractivity contribution in [3.8, 4) is 0 Å². The largest absolute Gasteiger partial charge is 0.103 e. The van der Waals surface area contributed by atoms with Gasteiger partial charge in [0.25, 0.3) is 0 Å². The van der Waals surface area contributed by atoms with Gasteiger partial charge in [0.2, 0.25) is 0 Å². The van der Waals surface area contributed by atoms with Crippen LogP contribution in [0.5, 0.6) is 0 Å². The van der Waals surface area contributed by atoms with Crippen molar-refractivity contribution < 1.29 is 0 Å². The van der Waals surface area contributed by atoms with E-state index in [1.165, 1.54) is 6.42 Å². The molecular formula is C18H32P2. The summed E-state index contributed by atoms with van der Waals surface area (Å²) in [5, 5.41) is 1.76. The lowest BCUT2D eigenvalue weighted by atomic mass is 9.84. The Hall–Kier alpha value is 0.860. The highest BCUT2D eigenvalue weighted by Gasteiger charge is 2.73. The van der Waals surface area contributed by atoms with E-state index < -0.39 is 0 Å². The third-order valence-electron chi connectivity index (χ3n) is 7.86. The smallest absolute Gasteiger partial charge is 0.00317 e. The molecule has 114 valence electrons. The number of rotatable bonds is 6. The Morgan fingerprint density at radius 1 is 1.00 bits per heavy atom. The summed E-state index contributed by atoms with van der Waals surface area (Å²) < 4.78 is 0. The van der Waals surface area contributed by atoms with E-state index in [0.717, 1.165) is 21.6 Å². The maximum atomic E-state index is 2.69. The van der Waals surface area contributed by atoms with Gasteiger partial charge in [-0.15, -0.1) is 15.8 Å². The average Bonchev–Trinajstić information content (AvgIpc) is 3.32. The Labute approximate surface area is 128 Å². The van der Waals surface area contributed by atoms with Crippen LogP contribution in [-0.4, -0.2) is 36.0 Å². The second kappa shape index (κ2) is 4.68. The maximum absolute atomic E-state index is 2.69. The lowest BCUT2D eigenvalue weighted by Gasteiger charge is -2.29. The molecular weight excluding hydrogens is 278 g/mol. The normalized spacial score (nSPS) is 46.6. The molecule has 0 N–H and O–H groups in total. The fourth-order valence-electron chi connectivity index (χ4n) is 6.12. The van der Waals surface area contributed by atoms with Gasteiger partial charge < -0.3 is 0 Å². The van der Waals surface area contributed by atoms with Crippen LogP contribution in [0.4, 0.5) is 0 Å². The summed E-state index contributed by atoms with van der Waals surface area (Å²) in [4.78, 5) is 0. The Morgan fingerprint density at radius 2 is 1.75 bits per heavy atom. The maximum Gasteiger partial charge on any atom is -0.00317 e. The van der Waals surface area contributed by atoms with Gasteiger partial charge >= 0.3 is 0 Å². The summed E-state index contributed by atoms with van der Waals surface area (Å²) in [6.07, 6.45) is 17.5. The van der Waals surface area contributed by atoms with Crippen LogP contribution in [0.25, 0.3) is 0 Å². The molecule has 0 amide bonds. The molecule has 4 fully saturated rings. The standard InChI is InChI=1S/C18H32P2/c1-4-17(8-9-17)19(2)10-11-20(3)18-13-15-6-5-7-16(18,12-15)14-18/h15H,4-14H2,1-3H3/t15?,16?,18?,19-,20-/m0/s1. The predicted octanol–water partition coefficient (Wildman–Crippen LogP) is 5.88. The molecule has 0 aromatic rings. The topological polar surface area (TPSA) is 0 Å². The van der Waals surface area contributed by atoms with Crippen molar-refractivity contribution in [3.63, 3.8) is 0 Å². The summed E-state index contributed by atoms with van der Waals surface area (Å²) in [5.41, 5.74) is 0.898. The zero-order chi connectivity index (χ0) is 14.0. The molecule has 2 heteroatoms. The van der Waals surface area contributed by atoms with Gasteiger partial charge in [-0.05, 0) is 92.2 Å². The Kier molecular flexibility index (Phi) is 3.38. The molecule has 4 aliphatic carbocycles. The molecule has 0 heterocycles. The fraction of sp³-hybridized carbons (Fsp3) is 1.00. The molecule has 4 rings (SSSR count). The first-order valence-electron chi connectivity index (χ1n) is 8.98. The van der Waals surface area contributed by atoms with Gasteiger partial charge in [-0.3, -0.25) is 0 Å². The van der Waals surface area contributed by atoms with Gasteiger partial charge in [-0.2, -0.15) is 0 Å². The molecule has 0 radical (unpaired) electrons. The lowest BCUT2D eigenvalue weighted by molar-refractivity contribution is 0.299. The zero-order valence-electron chi connectivity index (χ0n) is 13.7. The second-order valence-corrected chi connectivity index (χ2v) is 14.1. The van der Waals surface area contributed by atoms with Crippen LogP contribution in [0.2, 0.25) is 0 Å². The van der Waals surface area contributed by atoms with Gasteiger partial charge in [0, 0.05) is 0 Å². The minimum atomic E-state index is 0.329. The van der Waals surface area contributed by atoms with Crippen LogP contribution in [0.3, 0.4) is 0 Å². The summed E-state index contributed by atoms with van der Waals surface area (Å²) in [5.74, 6) is 1.15. The van der Waals surface area contributed by atoms with Crippen LogP contribution in [0.15, 0.2) is 0 Å². The highest BCUT2D eigenvalue weighted by atomic mass is 31.1. The molecule has 20 heavy (non-hydrogen) atoms.